The summed E-state index contributed by atoms with van der Waals surface area (Å²) in [5, 5.41) is 3.25. The van der Waals surface area contributed by atoms with Crippen molar-refractivity contribution in [3.8, 4) is 0 Å². The topological polar surface area (TPSA) is 38.0 Å². The minimum absolute atomic E-state index is 0.635. The molecule has 0 saturated carbocycles. The van der Waals surface area contributed by atoms with Gasteiger partial charge in [-0.25, -0.2) is 0 Å². The Labute approximate surface area is 76.9 Å². The average molecular weight is 172 g/mol. The third-order valence-electron chi connectivity index (χ3n) is 2.53. The third kappa shape index (κ3) is 5.56. The number of nitrogens with one attached hydrogen (secondary N) is 1. The molecule has 74 valence electrons. The number of hydrogen-bond donors (Lipinski definition) is 2. The summed E-state index contributed by atoms with van der Waals surface area (Å²) in [6, 6.07) is 0.635. The molecule has 0 spiro atoms. The van der Waals surface area contributed by atoms with Crippen LogP contribution in [0.5, 0.6) is 0 Å². The minimum Gasteiger partial charge on any atom is -0.330 e. The average Bonchev–Trinajstić information content (AvgIpc) is 2.11. The van der Waals surface area contributed by atoms with Gasteiger partial charge in [0.25, 0.3) is 0 Å². The van der Waals surface area contributed by atoms with E-state index in [1.54, 1.807) is 0 Å². The molecule has 3 N–H and O–H groups in total. The molecule has 0 aliphatic rings. The predicted molar refractivity (Wildman–Crippen MR) is 55.2 cm³/mol. The van der Waals surface area contributed by atoms with Crippen molar-refractivity contribution in [2.45, 2.75) is 45.6 Å². The molecule has 0 rings (SSSR count). The zero-order chi connectivity index (χ0) is 9.40. The van der Waals surface area contributed by atoms with Gasteiger partial charge >= 0.3 is 0 Å². The van der Waals surface area contributed by atoms with Crippen LogP contribution in [0.1, 0.15) is 39.5 Å². The molecule has 0 aliphatic carbocycles. The first-order chi connectivity index (χ1) is 5.74. The molecule has 0 fully saturated rings. The molecule has 2 heteroatoms. The highest BCUT2D eigenvalue weighted by atomic mass is 14.8. The van der Waals surface area contributed by atoms with Crippen LogP contribution in [0.15, 0.2) is 0 Å². The fraction of sp³-hybridized carbons (Fsp3) is 1.00. The van der Waals surface area contributed by atoms with E-state index in [4.69, 9.17) is 5.73 Å². The zero-order valence-corrected chi connectivity index (χ0v) is 8.77. The van der Waals surface area contributed by atoms with Crippen LogP contribution in [-0.2, 0) is 0 Å². The first-order valence-electron chi connectivity index (χ1n) is 5.11. The molecule has 12 heavy (non-hydrogen) atoms. The van der Waals surface area contributed by atoms with Crippen LogP contribution < -0.4 is 11.1 Å². The fourth-order valence-corrected chi connectivity index (χ4v) is 1.42. The Bertz CT molecular complexity index is 93.8. The van der Waals surface area contributed by atoms with Crippen molar-refractivity contribution >= 4 is 0 Å². The van der Waals surface area contributed by atoms with E-state index in [-0.39, 0.29) is 0 Å². The smallest absolute Gasteiger partial charge is 0.00358 e. The van der Waals surface area contributed by atoms with Gasteiger partial charge in [-0.3, -0.25) is 0 Å². The van der Waals surface area contributed by atoms with Crippen LogP contribution in [0.25, 0.3) is 0 Å². The van der Waals surface area contributed by atoms with Gasteiger partial charge in [-0.15, -0.1) is 0 Å². The van der Waals surface area contributed by atoms with E-state index in [1.807, 2.05) is 7.05 Å². The summed E-state index contributed by atoms with van der Waals surface area (Å²) in [5.74, 6) is 0.741. The van der Waals surface area contributed by atoms with Gasteiger partial charge < -0.3 is 11.1 Å². The van der Waals surface area contributed by atoms with Crippen LogP contribution >= 0.6 is 0 Å². The maximum atomic E-state index is 5.67. The van der Waals surface area contributed by atoms with Gasteiger partial charge in [0, 0.05) is 6.04 Å². The van der Waals surface area contributed by atoms with Crippen LogP contribution in [-0.4, -0.2) is 19.6 Å². The summed E-state index contributed by atoms with van der Waals surface area (Å²) in [4.78, 5) is 0. The van der Waals surface area contributed by atoms with Crippen LogP contribution in [0.2, 0.25) is 0 Å². The van der Waals surface area contributed by atoms with Crippen molar-refractivity contribution in [2.24, 2.45) is 11.7 Å². The van der Waals surface area contributed by atoms with Gasteiger partial charge in [-0.05, 0) is 45.7 Å². The summed E-state index contributed by atoms with van der Waals surface area (Å²) < 4.78 is 0. The van der Waals surface area contributed by atoms with Crippen molar-refractivity contribution in [1.82, 2.24) is 5.32 Å². The standard InChI is InChI=1S/C10H24N2/c1-4-5-10(8-11)7-6-9(2)12-3/h9-10,12H,4-8,11H2,1-3H3. The van der Waals surface area contributed by atoms with Gasteiger partial charge in [0.05, 0.1) is 0 Å². The molecule has 0 aromatic carbocycles. The van der Waals surface area contributed by atoms with Gasteiger partial charge in [0.1, 0.15) is 0 Å². The van der Waals surface area contributed by atoms with Crippen molar-refractivity contribution in [3.63, 3.8) is 0 Å². The van der Waals surface area contributed by atoms with Crippen LogP contribution in [0.3, 0.4) is 0 Å². The van der Waals surface area contributed by atoms with Crippen molar-refractivity contribution < 1.29 is 0 Å². The summed E-state index contributed by atoms with van der Waals surface area (Å²) in [6.07, 6.45) is 5.06. The molecule has 0 saturated heterocycles. The molecule has 0 aromatic rings. The van der Waals surface area contributed by atoms with Gasteiger partial charge in [0.15, 0.2) is 0 Å². The largest absolute Gasteiger partial charge is 0.330 e. The Balaban J connectivity index is 3.43. The number of rotatable bonds is 7. The molecule has 2 nitrogen and oxygen atoms in total. The van der Waals surface area contributed by atoms with Gasteiger partial charge in [0.2, 0.25) is 0 Å². The molecule has 0 aliphatic heterocycles. The SMILES string of the molecule is CCCC(CN)CCC(C)NC. The Morgan fingerprint density at radius 2 is 1.92 bits per heavy atom. The van der Waals surface area contributed by atoms with E-state index < -0.39 is 0 Å². The lowest BCUT2D eigenvalue weighted by molar-refractivity contribution is 0.408. The second kappa shape index (κ2) is 7.56. The number of hydrogen-bond acceptors (Lipinski definition) is 2. The van der Waals surface area contributed by atoms with Crippen LogP contribution in [0, 0.1) is 5.92 Å². The molecule has 0 aromatic heterocycles. The predicted octanol–water partition coefficient (Wildman–Crippen LogP) is 1.75. The maximum absolute atomic E-state index is 5.67. The quantitative estimate of drug-likeness (QED) is 0.614. The second-order valence-corrected chi connectivity index (χ2v) is 3.66. The Hall–Kier alpha value is -0.0800. The summed E-state index contributed by atoms with van der Waals surface area (Å²) in [7, 11) is 2.02. The van der Waals surface area contributed by atoms with E-state index in [1.165, 1.54) is 25.7 Å². The molecule has 0 heterocycles. The summed E-state index contributed by atoms with van der Waals surface area (Å²) in [5.41, 5.74) is 5.67. The summed E-state index contributed by atoms with van der Waals surface area (Å²) >= 11 is 0. The molecule has 0 bridgehead atoms. The molecule has 2 atom stereocenters. The van der Waals surface area contributed by atoms with Crippen molar-refractivity contribution in [2.75, 3.05) is 13.6 Å². The highest BCUT2D eigenvalue weighted by Gasteiger charge is 2.06. The van der Waals surface area contributed by atoms with E-state index in [0.29, 0.717) is 6.04 Å². The van der Waals surface area contributed by atoms with E-state index in [2.05, 4.69) is 19.2 Å². The molecule has 0 amide bonds. The molecular weight excluding hydrogens is 148 g/mol. The minimum atomic E-state index is 0.635. The normalized spacial score (nSPS) is 16.0. The Morgan fingerprint density at radius 1 is 1.25 bits per heavy atom. The maximum Gasteiger partial charge on any atom is 0.00358 e. The van der Waals surface area contributed by atoms with Gasteiger partial charge in [-0.2, -0.15) is 0 Å². The van der Waals surface area contributed by atoms with Crippen molar-refractivity contribution in [1.29, 1.82) is 0 Å². The molecule has 0 radical (unpaired) electrons. The highest BCUT2D eigenvalue weighted by Crippen LogP contribution is 2.12. The molecular formula is C10H24N2. The van der Waals surface area contributed by atoms with E-state index in [9.17, 15) is 0 Å². The second-order valence-electron chi connectivity index (χ2n) is 3.66. The summed E-state index contributed by atoms with van der Waals surface area (Å²) in [6.45, 7) is 5.30. The first kappa shape index (κ1) is 11.9. The monoisotopic (exact) mass is 172 g/mol. The fourth-order valence-electron chi connectivity index (χ4n) is 1.42. The zero-order valence-electron chi connectivity index (χ0n) is 8.77. The Morgan fingerprint density at radius 3 is 2.33 bits per heavy atom. The Kier molecular flexibility index (Phi) is 7.51. The van der Waals surface area contributed by atoms with Crippen LogP contribution in [0.4, 0.5) is 0 Å². The third-order valence-corrected chi connectivity index (χ3v) is 2.53. The van der Waals surface area contributed by atoms with E-state index >= 15 is 0 Å². The lowest BCUT2D eigenvalue weighted by Crippen LogP contribution is -2.23. The first-order valence-corrected chi connectivity index (χ1v) is 5.11. The number of nitrogens with two attached hydrogens (primary N) is 1. The lowest BCUT2D eigenvalue weighted by Gasteiger charge is -2.16. The van der Waals surface area contributed by atoms with Crippen molar-refractivity contribution in [3.05, 3.63) is 0 Å². The molecule has 2 unspecified atom stereocenters. The van der Waals surface area contributed by atoms with E-state index in [0.717, 1.165) is 12.5 Å². The lowest BCUT2D eigenvalue weighted by atomic mass is 9.96. The highest BCUT2D eigenvalue weighted by molar-refractivity contribution is 4.64. The van der Waals surface area contributed by atoms with Gasteiger partial charge in [-0.1, -0.05) is 13.3 Å².